The maximum atomic E-state index is 11.5. The van der Waals surface area contributed by atoms with Crippen LogP contribution in [0, 0.1) is 13.8 Å². The molecule has 0 fully saturated rings. The van der Waals surface area contributed by atoms with E-state index in [0.717, 1.165) is 5.69 Å². The molecule has 3 N–H and O–H groups in total. The van der Waals surface area contributed by atoms with Gasteiger partial charge in [0.2, 0.25) is 5.91 Å². The number of amides is 1. The van der Waals surface area contributed by atoms with Gasteiger partial charge in [0.15, 0.2) is 0 Å². The summed E-state index contributed by atoms with van der Waals surface area (Å²) in [5.74, 6) is -0.609. The first-order valence-electron chi connectivity index (χ1n) is 5.61. The summed E-state index contributed by atoms with van der Waals surface area (Å²) >= 11 is 0. The van der Waals surface area contributed by atoms with Gasteiger partial charge in [-0.3, -0.25) is 14.3 Å². The molecule has 0 aliphatic carbocycles. The summed E-state index contributed by atoms with van der Waals surface area (Å²) in [4.78, 5) is 22.4. The van der Waals surface area contributed by atoms with Crippen molar-refractivity contribution >= 4 is 17.6 Å². The monoisotopic (exact) mass is 254 g/mol. The molecule has 0 radical (unpaired) electrons. The molecule has 0 aliphatic rings. The molecule has 18 heavy (non-hydrogen) atoms. The Labute approximate surface area is 105 Å². The average Bonchev–Trinajstić information content (AvgIpc) is 2.56. The number of nitrogens with two attached hydrogens (primary N) is 1. The van der Waals surface area contributed by atoms with Crippen molar-refractivity contribution < 1.29 is 14.3 Å². The zero-order chi connectivity index (χ0) is 13.7. The van der Waals surface area contributed by atoms with Crippen molar-refractivity contribution in [1.29, 1.82) is 0 Å². The van der Waals surface area contributed by atoms with Crippen LogP contribution < -0.4 is 11.1 Å². The van der Waals surface area contributed by atoms with E-state index in [2.05, 4.69) is 10.4 Å². The number of aromatic nitrogens is 2. The number of aryl methyl sites for hydroxylation is 1. The van der Waals surface area contributed by atoms with Gasteiger partial charge < -0.3 is 15.8 Å². The van der Waals surface area contributed by atoms with E-state index in [4.69, 9.17) is 10.5 Å². The highest BCUT2D eigenvalue weighted by molar-refractivity contribution is 5.76. The van der Waals surface area contributed by atoms with Crippen molar-refractivity contribution in [3.8, 4) is 0 Å². The van der Waals surface area contributed by atoms with E-state index in [1.165, 1.54) is 11.7 Å². The molecule has 0 aliphatic heterocycles. The van der Waals surface area contributed by atoms with Crippen LogP contribution in [0.2, 0.25) is 0 Å². The van der Waals surface area contributed by atoms with Crippen molar-refractivity contribution in [3.63, 3.8) is 0 Å². The average molecular weight is 254 g/mol. The highest BCUT2D eigenvalue weighted by Crippen LogP contribution is 2.14. The summed E-state index contributed by atoms with van der Waals surface area (Å²) in [7, 11) is 1.53. The van der Waals surface area contributed by atoms with Crippen LogP contribution in [0.1, 0.15) is 17.8 Å². The maximum absolute atomic E-state index is 11.5. The third-order valence-electron chi connectivity index (χ3n) is 2.59. The van der Waals surface area contributed by atoms with Gasteiger partial charge in [0.1, 0.15) is 13.2 Å². The van der Waals surface area contributed by atoms with E-state index >= 15 is 0 Å². The first-order valence-corrected chi connectivity index (χ1v) is 5.61. The van der Waals surface area contributed by atoms with Crippen LogP contribution in [0.25, 0.3) is 0 Å². The summed E-state index contributed by atoms with van der Waals surface area (Å²) in [6.45, 7) is 3.62. The SMILES string of the molecule is CNC(=O)CCOC(=O)Cn1nc(C)c(N)c1C. The molecule has 7 heteroatoms. The van der Waals surface area contributed by atoms with Crippen molar-refractivity contribution in [3.05, 3.63) is 11.4 Å². The molecule has 1 aromatic heterocycles. The quantitative estimate of drug-likeness (QED) is 0.706. The van der Waals surface area contributed by atoms with E-state index in [0.29, 0.717) is 11.4 Å². The molecule has 0 atom stereocenters. The van der Waals surface area contributed by atoms with Crippen molar-refractivity contribution in [2.24, 2.45) is 0 Å². The topological polar surface area (TPSA) is 99.2 Å². The molecule has 0 saturated heterocycles. The number of esters is 1. The lowest BCUT2D eigenvalue weighted by atomic mass is 10.3. The van der Waals surface area contributed by atoms with Crippen LogP contribution in [0.15, 0.2) is 0 Å². The predicted octanol–water partition coefficient (Wildman–Crippen LogP) is -0.239. The zero-order valence-electron chi connectivity index (χ0n) is 10.8. The molecule has 7 nitrogen and oxygen atoms in total. The van der Waals surface area contributed by atoms with Gasteiger partial charge in [-0.1, -0.05) is 0 Å². The van der Waals surface area contributed by atoms with E-state index < -0.39 is 5.97 Å². The molecule has 0 unspecified atom stereocenters. The van der Waals surface area contributed by atoms with Crippen LogP contribution in [0.3, 0.4) is 0 Å². The number of nitrogens with one attached hydrogen (secondary N) is 1. The Hall–Kier alpha value is -2.05. The molecule has 0 saturated carbocycles. The number of rotatable bonds is 5. The number of nitrogen functional groups attached to an aromatic ring is 1. The maximum Gasteiger partial charge on any atom is 0.327 e. The molecule has 0 aromatic carbocycles. The van der Waals surface area contributed by atoms with E-state index in [1.54, 1.807) is 13.8 Å². The second-order valence-corrected chi connectivity index (χ2v) is 3.89. The van der Waals surface area contributed by atoms with Gasteiger partial charge in [-0.25, -0.2) is 0 Å². The van der Waals surface area contributed by atoms with Crippen LogP contribution in [-0.2, 0) is 20.9 Å². The third-order valence-corrected chi connectivity index (χ3v) is 2.59. The Morgan fingerprint density at radius 1 is 1.44 bits per heavy atom. The van der Waals surface area contributed by atoms with Gasteiger partial charge >= 0.3 is 5.97 Å². The molecule has 1 rings (SSSR count). The lowest BCUT2D eigenvalue weighted by Gasteiger charge is -2.06. The number of nitrogens with zero attached hydrogens (tertiary/aromatic N) is 2. The molecular weight excluding hydrogens is 236 g/mol. The first kappa shape index (κ1) is 14.0. The number of hydrogen-bond donors (Lipinski definition) is 2. The molecule has 1 heterocycles. The summed E-state index contributed by atoms with van der Waals surface area (Å²) in [5.41, 5.74) is 7.74. The van der Waals surface area contributed by atoms with E-state index in [1.807, 2.05) is 0 Å². The Morgan fingerprint density at radius 2 is 2.11 bits per heavy atom. The highest BCUT2D eigenvalue weighted by Gasteiger charge is 2.12. The molecule has 1 aromatic rings. The minimum Gasteiger partial charge on any atom is -0.464 e. The smallest absolute Gasteiger partial charge is 0.327 e. The summed E-state index contributed by atoms with van der Waals surface area (Å²) in [6.07, 6.45) is 0.154. The summed E-state index contributed by atoms with van der Waals surface area (Å²) in [6, 6.07) is 0. The number of carbonyl (C=O) groups is 2. The van der Waals surface area contributed by atoms with E-state index in [9.17, 15) is 9.59 Å². The number of anilines is 1. The van der Waals surface area contributed by atoms with Gasteiger partial charge in [0.25, 0.3) is 0 Å². The fraction of sp³-hybridized carbons (Fsp3) is 0.545. The van der Waals surface area contributed by atoms with Crippen molar-refractivity contribution in [2.75, 3.05) is 19.4 Å². The van der Waals surface area contributed by atoms with E-state index in [-0.39, 0.29) is 25.5 Å². The summed E-state index contributed by atoms with van der Waals surface area (Å²) in [5, 5.41) is 6.56. The third kappa shape index (κ3) is 3.47. The number of ether oxygens (including phenoxy) is 1. The highest BCUT2D eigenvalue weighted by atomic mass is 16.5. The van der Waals surface area contributed by atoms with Crippen LogP contribution in [-0.4, -0.2) is 35.3 Å². The van der Waals surface area contributed by atoms with Crippen molar-refractivity contribution in [2.45, 2.75) is 26.8 Å². The van der Waals surface area contributed by atoms with Gasteiger partial charge in [-0.05, 0) is 13.8 Å². The minimum absolute atomic E-state index is 0.00236. The van der Waals surface area contributed by atoms with Gasteiger partial charge in [0.05, 0.1) is 23.5 Å². The largest absolute Gasteiger partial charge is 0.464 e. The molecule has 1 amide bonds. The fourth-order valence-corrected chi connectivity index (χ4v) is 1.42. The minimum atomic E-state index is -0.440. The van der Waals surface area contributed by atoms with Gasteiger partial charge in [-0.15, -0.1) is 0 Å². The Morgan fingerprint density at radius 3 is 2.61 bits per heavy atom. The van der Waals surface area contributed by atoms with Crippen molar-refractivity contribution in [1.82, 2.24) is 15.1 Å². The Balaban J connectivity index is 2.45. The zero-order valence-corrected chi connectivity index (χ0v) is 10.8. The van der Waals surface area contributed by atoms with Crippen LogP contribution >= 0.6 is 0 Å². The summed E-state index contributed by atoms with van der Waals surface area (Å²) < 4.78 is 6.41. The Kier molecular flexibility index (Phi) is 4.70. The predicted molar refractivity (Wildman–Crippen MR) is 65.8 cm³/mol. The fourth-order valence-electron chi connectivity index (χ4n) is 1.42. The second kappa shape index (κ2) is 6.04. The lowest BCUT2D eigenvalue weighted by molar-refractivity contribution is -0.145. The molecule has 100 valence electrons. The van der Waals surface area contributed by atoms with Crippen LogP contribution in [0.5, 0.6) is 0 Å². The standard InChI is InChI=1S/C11H18N4O3/c1-7-11(12)8(2)15(14-7)6-10(17)18-5-4-9(16)13-3/h4-6,12H2,1-3H3,(H,13,16). The molecule has 0 bridgehead atoms. The molecule has 0 spiro atoms. The normalized spacial score (nSPS) is 10.2. The number of carbonyl (C=O) groups excluding carboxylic acids is 2. The first-order chi connectivity index (χ1) is 8.45. The van der Waals surface area contributed by atoms with Crippen LogP contribution in [0.4, 0.5) is 5.69 Å². The second-order valence-electron chi connectivity index (χ2n) is 3.89. The lowest BCUT2D eigenvalue weighted by Crippen LogP contribution is -2.22. The number of hydrogen-bond acceptors (Lipinski definition) is 5. The van der Waals surface area contributed by atoms with Gasteiger partial charge in [-0.2, -0.15) is 5.10 Å². The molecular formula is C11H18N4O3. The van der Waals surface area contributed by atoms with Gasteiger partial charge in [0, 0.05) is 7.05 Å². The Bertz CT molecular complexity index is 453.